The van der Waals surface area contributed by atoms with Gasteiger partial charge in [0.25, 0.3) is 5.91 Å². The maximum absolute atomic E-state index is 13.2. The Balaban J connectivity index is 1.81. The summed E-state index contributed by atoms with van der Waals surface area (Å²) in [5.41, 5.74) is 1.18. The Bertz CT molecular complexity index is 970. The first kappa shape index (κ1) is 21.7. The number of carbonyl (C=O) groups is 3. The van der Waals surface area contributed by atoms with E-state index >= 15 is 0 Å². The van der Waals surface area contributed by atoms with Gasteiger partial charge < -0.3 is 15.5 Å². The largest absolute Gasteiger partial charge is 0.355 e. The number of carbonyl (C=O) groups excluding carboxylic acids is 3. The Morgan fingerprint density at radius 3 is 2.53 bits per heavy atom. The predicted molar refractivity (Wildman–Crippen MR) is 120 cm³/mol. The Labute approximate surface area is 185 Å². The van der Waals surface area contributed by atoms with Crippen molar-refractivity contribution in [3.05, 3.63) is 59.6 Å². The van der Waals surface area contributed by atoms with Gasteiger partial charge in [-0.1, -0.05) is 35.9 Å². The molecule has 1 saturated heterocycles. The van der Waals surface area contributed by atoms with Crippen LogP contribution in [0.4, 0.5) is 11.4 Å². The number of rotatable bonds is 7. The monoisotopic (exact) mass is 444 g/mol. The van der Waals surface area contributed by atoms with Crippen molar-refractivity contribution in [3.63, 3.8) is 0 Å². The number of amides is 3. The summed E-state index contributed by atoms with van der Waals surface area (Å²) in [7, 11) is 0. The Morgan fingerprint density at radius 1 is 1.13 bits per heavy atom. The highest BCUT2D eigenvalue weighted by Crippen LogP contribution is 2.28. The molecule has 3 rings (SSSR count). The van der Waals surface area contributed by atoms with Crippen molar-refractivity contribution in [2.24, 2.45) is 0 Å². The van der Waals surface area contributed by atoms with Crippen LogP contribution in [-0.4, -0.2) is 46.9 Å². The van der Waals surface area contributed by atoms with E-state index in [0.717, 1.165) is 0 Å². The highest BCUT2D eigenvalue weighted by Gasteiger charge is 2.43. The summed E-state index contributed by atoms with van der Waals surface area (Å²) >= 11 is 11.6. The van der Waals surface area contributed by atoms with Gasteiger partial charge in [-0.05, 0) is 42.5 Å². The van der Waals surface area contributed by atoms with Crippen LogP contribution in [-0.2, 0) is 14.4 Å². The molecule has 3 amide bonds. The standard InChI is InChI=1S/C21H21ClN4O3S/c1-14(27)23-10-11-25-18(13-19(28)24-16-7-3-2-4-8-16)20(29)26(21(25)30)17-9-5-6-15(22)12-17/h2-9,12,18H,10-11,13H2,1H3,(H,23,27)(H,24,28). The van der Waals surface area contributed by atoms with E-state index in [4.69, 9.17) is 23.8 Å². The number of nitrogens with one attached hydrogen (secondary N) is 2. The van der Waals surface area contributed by atoms with Crippen molar-refractivity contribution >= 4 is 58.0 Å². The van der Waals surface area contributed by atoms with Gasteiger partial charge in [0.1, 0.15) is 6.04 Å². The minimum atomic E-state index is -0.783. The first-order chi connectivity index (χ1) is 14.4. The molecule has 0 bridgehead atoms. The molecular formula is C21H21ClN4O3S. The van der Waals surface area contributed by atoms with Crippen molar-refractivity contribution in [2.75, 3.05) is 23.3 Å². The molecule has 1 aliphatic rings. The van der Waals surface area contributed by atoms with E-state index in [1.807, 2.05) is 18.2 Å². The molecular weight excluding hydrogens is 424 g/mol. The second kappa shape index (κ2) is 9.69. The maximum Gasteiger partial charge on any atom is 0.256 e. The first-order valence-corrected chi connectivity index (χ1v) is 10.1. The molecule has 1 unspecified atom stereocenters. The quantitative estimate of drug-likeness (QED) is 0.642. The van der Waals surface area contributed by atoms with Crippen LogP contribution in [0.3, 0.4) is 0 Å². The molecule has 1 fully saturated rings. The molecule has 1 atom stereocenters. The normalized spacial score (nSPS) is 16.0. The number of hydrogen-bond donors (Lipinski definition) is 2. The minimum absolute atomic E-state index is 0.0784. The average molecular weight is 445 g/mol. The summed E-state index contributed by atoms with van der Waals surface area (Å²) in [5, 5.41) is 6.23. The molecule has 1 aliphatic heterocycles. The average Bonchev–Trinajstić information content (AvgIpc) is 2.92. The molecule has 7 nitrogen and oxygen atoms in total. The van der Waals surface area contributed by atoms with Gasteiger partial charge in [0, 0.05) is 30.7 Å². The van der Waals surface area contributed by atoms with E-state index in [1.165, 1.54) is 11.8 Å². The summed E-state index contributed by atoms with van der Waals surface area (Å²) < 4.78 is 0. The fourth-order valence-corrected chi connectivity index (χ4v) is 3.80. The molecule has 156 valence electrons. The third-order valence-electron chi connectivity index (χ3n) is 4.55. The highest BCUT2D eigenvalue weighted by atomic mass is 35.5. The van der Waals surface area contributed by atoms with Crippen molar-refractivity contribution in [1.82, 2.24) is 10.2 Å². The molecule has 0 saturated carbocycles. The lowest BCUT2D eigenvalue weighted by Crippen LogP contribution is -2.42. The fourth-order valence-electron chi connectivity index (χ4n) is 3.20. The van der Waals surface area contributed by atoms with Gasteiger partial charge in [0.05, 0.1) is 12.1 Å². The first-order valence-electron chi connectivity index (χ1n) is 9.36. The molecule has 0 aromatic heterocycles. The molecule has 9 heteroatoms. The zero-order valence-corrected chi connectivity index (χ0v) is 17.9. The molecule has 2 aromatic carbocycles. The van der Waals surface area contributed by atoms with Gasteiger partial charge in [-0.15, -0.1) is 0 Å². The molecule has 0 spiro atoms. The summed E-state index contributed by atoms with van der Waals surface area (Å²) in [6.45, 7) is 2.00. The molecule has 2 aromatic rings. The van der Waals surface area contributed by atoms with Crippen LogP contribution in [0.15, 0.2) is 54.6 Å². The Hall–Kier alpha value is -2.97. The van der Waals surface area contributed by atoms with E-state index in [1.54, 1.807) is 41.3 Å². The van der Waals surface area contributed by atoms with Crippen molar-refractivity contribution < 1.29 is 14.4 Å². The van der Waals surface area contributed by atoms with Crippen LogP contribution in [0.2, 0.25) is 5.02 Å². The summed E-state index contributed by atoms with van der Waals surface area (Å²) in [6, 6.07) is 15.0. The number of nitrogens with zero attached hydrogens (tertiary/aromatic N) is 2. The van der Waals surface area contributed by atoms with Crippen LogP contribution >= 0.6 is 23.8 Å². The number of benzene rings is 2. The lowest BCUT2D eigenvalue weighted by Gasteiger charge is -2.24. The van der Waals surface area contributed by atoms with E-state index in [9.17, 15) is 14.4 Å². The summed E-state index contributed by atoms with van der Waals surface area (Å²) in [5.74, 6) is -0.801. The lowest BCUT2D eigenvalue weighted by molar-refractivity contribution is -0.124. The van der Waals surface area contributed by atoms with E-state index in [0.29, 0.717) is 29.5 Å². The van der Waals surface area contributed by atoms with Crippen molar-refractivity contribution in [3.8, 4) is 0 Å². The second-order valence-corrected chi connectivity index (χ2v) is 7.55. The maximum atomic E-state index is 13.2. The zero-order valence-electron chi connectivity index (χ0n) is 16.3. The molecule has 30 heavy (non-hydrogen) atoms. The molecule has 1 heterocycles. The van der Waals surface area contributed by atoms with Crippen molar-refractivity contribution in [2.45, 2.75) is 19.4 Å². The van der Waals surface area contributed by atoms with Crippen LogP contribution < -0.4 is 15.5 Å². The molecule has 0 radical (unpaired) electrons. The minimum Gasteiger partial charge on any atom is -0.355 e. The zero-order chi connectivity index (χ0) is 21.7. The van der Waals surface area contributed by atoms with Crippen LogP contribution in [0.25, 0.3) is 0 Å². The van der Waals surface area contributed by atoms with E-state index in [-0.39, 0.29) is 29.3 Å². The van der Waals surface area contributed by atoms with Gasteiger partial charge in [-0.2, -0.15) is 0 Å². The molecule has 0 aliphatic carbocycles. The topological polar surface area (TPSA) is 81.8 Å². The Morgan fingerprint density at radius 2 is 1.87 bits per heavy atom. The Kier molecular flexibility index (Phi) is 7.02. The number of hydrogen-bond acceptors (Lipinski definition) is 4. The SMILES string of the molecule is CC(=O)NCCN1C(=S)N(c2cccc(Cl)c2)C(=O)C1CC(=O)Nc1ccccc1. The summed E-state index contributed by atoms with van der Waals surface area (Å²) in [6.07, 6.45) is -0.0784. The van der Waals surface area contributed by atoms with Gasteiger partial charge in [0.15, 0.2) is 5.11 Å². The molecule has 2 N–H and O–H groups in total. The third kappa shape index (κ3) is 5.14. The van der Waals surface area contributed by atoms with Gasteiger partial charge in [0.2, 0.25) is 11.8 Å². The van der Waals surface area contributed by atoms with E-state index in [2.05, 4.69) is 10.6 Å². The van der Waals surface area contributed by atoms with Crippen LogP contribution in [0.1, 0.15) is 13.3 Å². The van der Waals surface area contributed by atoms with Crippen LogP contribution in [0.5, 0.6) is 0 Å². The van der Waals surface area contributed by atoms with Crippen molar-refractivity contribution in [1.29, 1.82) is 0 Å². The van der Waals surface area contributed by atoms with E-state index < -0.39 is 6.04 Å². The number of para-hydroxylation sites is 1. The van der Waals surface area contributed by atoms with Gasteiger partial charge in [-0.3, -0.25) is 19.3 Å². The van der Waals surface area contributed by atoms with Crippen LogP contribution in [0, 0.1) is 0 Å². The van der Waals surface area contributed by atoms with Gasteiger partial charge >= 0.3 is 0 Å². The highest BCUT2D eigenvalue weighted by molar-refractivity contribution is 7.80. The smallest absolute Gasteiger partial charge is 0.256 e. The number of halogens is 1. The third-order valence-corrected chi connectivity index (χ3v) is 5.20. The van der Waals surface area contributed by atoms with Gasteiger partial charge in [-0.25, -0.2) is 0 Å². The fraction of sp³-hybridized carbons (Fsp3) is 0.238. The number of anilines is 2. The summed E-state index contributed by atoms with van der Waals surface area (Å²) in [4.78, 5) is 40.1. The predicted octanol–water partition coefficient (Wildman–Crippen LogP) is 2.81. The number of thiocarbonyl (C=S) groups is 1. The lowest BCUT2D eigenvalue weighted by atomic mass is 10.1. The second-order valence-electron chi connectivity index (χ2n) is 6.75.